The van der Waals surface area contributed by atoms with Crippen LogP contribution >= 0.6 is 0 Å². The molecule has 1 aliphatic rings. The molecule has 0 saturated heterocycles. The third-order valence-electron chi connectivity index (χ3n) is 12.0. The van der Waals surface area contributed by atoms with Crippen molar-refractivity contribution in [2.24, 2.45) is 11.7 Å². The van der Waals surface area contributed by atoms with Gasteiger partial charge in [0.05, 0.1) is 12.0 Å². The Morgan fingerprint density at radius 3 is 1.59 bits per heavy atom. The van der Waals surface area contributed by atoms with Gasteiger partial charge in [0.15, 0.2) is 5.78 Å². The van der Waals surface area contributed by atoms with Crippen LogP contribution in [0.25, 0.3) is 11.1 Å². The van der Waals surface area contributed by atoms with Gasteiger partial charge in [0.2, 0.25) is 5.91 Å². The van der Waals surface area contributed by atoms with Gasteiger partial charge in [0.25, 0.3) is 0 Å². The standard InChI is InChI=1S/C52H83N3O6/c1-6-8-10-12-14-16-18-20-22-24-36-45(48(56)47(37-29-30-38-53)54-50(58)61-52(3,4)5)49(57)55(39-31-23-21-19-17-15-13-11-9-7-2)51(59)60-40-46-43-34-27-25-32-41(43)42-33-26-28-35-44(42)46/h25-28,32-35,45-47H,6-24,29-31,36-40,53H2,1-5H3,(H,54,58)/t45?,47-/m0/s1. The van der Waals surface area contributed by atoms with Crippen LogP contribution in [0, 0.1) is 5.92 Å². The molecular formula is C52H83N3O6. The number of Topliss-reactive ketones (excluding diaryl/α,β-unsaturated/α-hetero) is 1. The van der Waals surface area contributed by atoms with Crippen LogP contribution in [0.3, 0.4) is 0 Å². The molecule has 2 atom stereocenters. The second-order valence-electron chi connectivity index (χ2n) is 18.4. The lowest BCUT2D eigenvalue weighted by Gasteiger charge is -2.29. The van der Waals surface area contributed by atoms with Crippen molar-refractivity contribution < 1.29 is 28.7 Å². The summed E-state index contributed by atoms with van der Waals surface area (Å²) in [6.07, 6.45) is 22.7. The predicted octanol–water partition coefficient (Wildman–Crippen LogP) is 13.2. The first-order chi connectivity index (χ1) is 29.5. The molecule has 2 aromatic carbocycles. The summed E-state index contributed by atoms with van der Waals surface area (Å²) in [5, 5.41) is 2.81. The van der Waals surface area contributed by atoms with Crippen LogP contribution in [-0.4, -0.2) is 60.1 Å². The molecule has 1 unspecified atom stereocenters. The first-order valence-corrected chi connectivity index (χ1v) is 24.4. The molecule has 3 N–H and O–H groups in total. The molecule has 9 heteroatoms. The fraction of sp³-hybridized carbons (Fsp3) is 0.692. The van der Waals surface area contributed by atoms with E-state index in [1.165, 1.54) is 81.9 Å². The lowest BCUT2D eigenvalue weighted by atomic mass is 9.88. The fourth-order valence-corrected chi connectivity index (χ4v) is 8.60. The highest BCUT2D eigenvalue weighted by atomic mass is 16.6. The summed E-state index contributed by atoms with van der Waals surface area (Å²) in [5.41, 5.74) is 9.49. The highest BCUT2D eigenvalue weighted by Crippen LogP contribution is 2.44. The van der Waals surface area contributed by atoms with Crippen molar-refractivity contribution in [3.63, 3.8) is 0 Å². The maximum Gasteiger partial charge on any atom is 0.416 e. The smallest absolute Gasteiger partial charge is 0.416 e. The summed E-state index contributed by atoms with van der Waals surface area (Å²) < 4.78 is 11.7. The summed E-state index contributed by atoms with van der Waals surface area (Å²) >= 11 is 0. The van der Waals surface area contributed by atoms with Crippen molar-refractivity contribution in [3.05, 3.63) is 59.7 Å². The Kier molecular flexibility index (Phi) is 25.0. The number of nitrogens with two attached hydrogens (primary N) is 1. The number of nitrogens with zero attached hydrogens (tertiary/aromatic N) is 1. The lowest BCUT2D eigenvalue weighted by molar-refractivity contribution is -0.141. The van der Waals surface area contributed by atoms with Crippen LogP contribution in [0.15, 0.2) is 48.5 Å². The summed E-state index contributed by atoms with van der Waals surface area (Å²) in [6, 6.07) is 15.4. The Morgan fingerprint density at radius 2 is 1.10 bits per heavy atom. The number of unbranched alkanes of at least 4 members (excludes halogenated alkanes) is 19. The van der Waals surface area contributed by atoms with E-state index in [-0.39, 0.29) is 24.9 Å². The zero-order valence-corrected chi connectivity index (χ0v) is 38.9. The molecule has 61 heavy (non-hydrogen) atoms. The van der Waals surface area contributed by atoms with E-state index in [2.05, 4.69) is 43.4 Å². The maximum absolute atomic E-state index is 14.9. The number of alkyl carbamates (subject to hydrolysis) is 1. The van der Waals surface area contributed by atoms with E-state index in [9.17, 15) is 19.2 Å². The lowest BCUT2D eigenvalue weighted by Crippen LogP contribution is -2.51. The topological polar surface area (TPSA) is 128 Å². The molecule has 342 valence electrons. The summed E-state index contributed by atoms with van der Waals surface area (Å²) in [6.45, 7) is 10.5. The first-order valence-electron chi connectivity index (χ1n) is 24.4. The van der Waals surface area contributed by atoms with Crippen LogP contribution in [-0.2, 0) is 19.1 Å². The van der Waals surface area contributed by atoms with E-state index >= 15 is 0 Å². The molecule has 0 heterocycles. The molecule has 0 spiro atoms. The van der Waals surface area contributed by atoms with Crippen molar-refractivity contribution in [3.8, 4) is 11.1 Å². The number of imide groups is 1. The summed E-state index contributed by atoms with van der Waals surface area (Å²) in [4.78, 5) is 58.2. The zero-order valence-electron chi connectivity index (χ0n) is 38.9. The Morgan fingerprint density at radius 1 is 0.639 bits per heavy atom. The summed E-state index contributed by atoms with van der Waals surface area (Å²) in [5.74, 6) is -2.21. The molecular weight excluding hydrogens is 763 g/mol. The van der Waals surface area contributed by atoms with Gasteiger partial charge in [0.1, 0.15) is 12.2 Å². The van der Waals surface area contributed by atoms with Crippen molar-refractivity contribution in [1.82, 2.24) is 10.2 Å². The van der Waals surface area contributed by atoms with Crippen molar-refractivity contribution in [2.45, 2.75) is 206 Å². The van der Waals surface area contributed by atoms with Crippen LogP contribution in [0.5, 0.6) is 0 Å². The van der Waals surface area contributed by atoms with E-state index in [1.807, 2.05) is 24.3 Å². The molecule has 0 aliphatic heterocycles. The molecule has 3 amide bonds. The molecule has 3 rings (SSSR count). The monoisotopic (exact) mass is 846 g/mol. The normalized spacial score (nSPS) is 13.3. The second-order valence-corrected chi connectivity index (χ2v) is 18.4. The maximum atomic E-state index is 14.9. The predicted molar refractivity (Wildman–Crippen MR) is 250 cm³/mol. The minimum absolute atomic E-state index is 0.0770. The third kappa shape index (κ3) is 19.1. The Hall–Kier alpha value is -3.72. The third-order valence-corrected chi connectivity index (χ3v) is 12.0. The zero-order chi connectivity index (χ0) is 44.3. The molecule has 0 radical (unpaired) electrons. The molecule has 9 nitrogen and oxygen atoms in total. The number of hydrogen-bond acceptors (Lipinski definition) is 7. The number of hydrogen-bond donors (Lipinski definition) is 2. The number of amides is 3. The Labute approximate surface area is 370 Å². The van der Waals surface area contributed by atoms with Crippen molar-refractivity contribution in [1.29, 1.82) is 0 Å². The van der Waals surface area contributed by atoms with Crippen LogP contribution in [0.1, 0.15) is 206 Å². The number of ketones is 1. The first kappa shape index (κ1) is 51.6. The average Bonchev–Trinajstić information content (AvgIpc) is 3.56. The number of ether oxygens (including phenoxy) is 2. The molecule has 2 aromatic rings. The van der Waals surface area contributed by atoms with Gasteiger partial charge in [-0.05, 0) is 81.7 Å². The average molecular weight is 846 g/mol. The van der Waals surface area contributed by atoms with Crippen LogP contribution in [0.2, 0.25) is 0 Å². The quantitative estimate of drug-likeness (QED) is 0.0554. The number of carbonyl (C=O) groups is 4. The number of nitrogens with one attached hydrogen (secondary N) is 1. The van der Waals surface area contributed by atoms with Crippen molar-refractivity contribution >= 4 is 23.9 Å². The van der Waals surface area contributed by atoms with Crippen LogP contribution < -0.4 is 11.1 Å². The van der Waals surface area contributed by atoms with Crippen molar-refractivity contribution in [2.75, 3.05) is 19.7 Å². The van der Waals surface area contributed by atoms with Gasteiger partial charge < -0.3 is 20.5 Å². The minimum Gasteiger partial charge on any atom is -0.448 e. The molecule has 0 aromatic heterocycles. The van der Waals surface area contributed by atoms with Gasteiger partial charge in [-0.2, -0.15) is 0 Å². The molecule has 0 bridgehead atoms. The minimum atomic E-state index is -1.12. The molecule has 0 fully saturated rings. The number of carbonyl (C=O) groups excluding carboxylic acids is 4. The molecule has 0 saturated carbocycles. The number of rotatable bonds is 32. The van der Waals surface area contributed by atoms with Gasteiger partial charge in [-0.1, -0.05) is 184 Å². The van der Waals surface area contributed by atoms with E-state index in [4.69, 9.17) is 15.2 Å². The second kappa shape index (κ2) is 29.6. The van der Waals surface area contributed by atoms with E-state index < -0.39 is 35.7 Å². The SMILES string of the molecule is CCCCCCCCCCCCC(C(=O)[C@H](CCCCN)NC(=O)OC(C)(C)C)C(=O)N(CCCCCCCCCCCC)C(=O)OCC1c2ccccc2-c2ccccc21. The fourth-order valence-electron chi connectivity index (χ4n) is 8.60. The Balaban J connectivity index is 1.83. The van der Waals surface area contributed by atoms with E-state index in [1.54, 1.807) is 20.8 Å². The van der Waals surface area contributed by atoms with Gasteiger partial charge >= 0.3 is 12.2 Å². The Bertz CT molecular complexity index is 1520. The number of benzene rings is 2. The molecule has 1 aliphatic carbocycles. The van der Waals surface area contributed by atoms with Crippen LogP contribution in [0.4, 0.5) is 9.59 Å². The van der Waals surface area contributed by atoms with E-state index in [0.717, 1.165) is 60.8 Å². The summed E-state index contributed by atoms with van der Waals surface area (Å²) in [7, 11) is 0. The van der Waals surface area contributed by atoms with Gasteiger partial charge in [-0.15, -0.1) is 0 Å². The van der Waals surface area contributed by atoms with Gasteiger partial charge in [-0.3, -0.25) is 9.59 Å². The highest BCUT2D eigenvalue weighted by molar-refractivity contribution is 6.08. The largest absolute Gasteiger partial charge is 0.448 e. The number of fused-ring (bicyclic) bond motifs is 3. The van der Waals surface area contributed by atoms with E-state index in [0.29, 0.717) is 45.1 Å². The highest BCUT2D eigenvalue weighted by Gasteiger charge is 2.39. The van der Waals surface area contributed by atoms with Gasteiger partial charge in [0, 0.05) is 12.5 Å². The van der Waals surface area contributed by atoms with Gasteiger partial charge in [-0.25, -0.2) is 14.5 Å².